The number of piperidine rings is 1. The van der Waals surface area contributed by atoms with Gasteiger partial charge in [-0.1, -0.05) is 71.3 Å². The number of likely N-dealkylation sites (tertiary alicyclic amines) is 1. The van der Waals surface area contributed by atoms with E-state index in [-0.39, 0.29) is 0 Å². The highest BCUT2D eigenvalue weighted by Crippen LogP contribution is 2.22. The summed E-state index contributed by atoms with van der Waals surface area (Å²) < 4.78 is 0. The van der Waals surface area contributed by atoms with Crippen molar-refractivity contribution in [2.24, 2.45) is 0 Å². The fraction of sp³-hybridized carbons (Fsp3) is 0.900. The summed E-state index contributed by atoms with van der Waals surface area (Å²) >= 11 is 0. The second-order valence-corrected chi connectivity index (χ2v) is 6.76. The number of hydrogen-bond donors (Lipinski definition) is 0. The molecular formula is C20H39N. The maximum Gasteiger partial charge on any atom is 0.0175 e. The van der Waals surface area contributed by atoms with Crippen molar-refractivity contribution in [1.29, 1.82) is 0 Å². The predicted octanol–water partition coefficient (Wildman–Crippen LogP) is 6.69. The minimum absolute atomic E-state index is 1.29. The van der Waals surface area contributed by atoms with Gasteiger partial charge in [0.25, 0.3) is 0 Å². The van der Waals surface area contributed by atoms with Gasteiger partial charge in [0.05, 0.1) is 0 Å². The molecule has 1 aliphatic heterocycles. The van der Waals surface area contributed by atoms with Crippen LogP contribution in [0.5, 0.6) is 0 Å². The summed E-state index contributed by atoms with van der Waals surface area (Å²) in [6.45, 7) is 7.19. The molecule has 0 radical (unpaired) electrons. The molecule has 1 saturated heterocycles. The average Bonchev–Trinajstić information content (AvgIpc) is 2.52. The Labute approximate surface area is 134 Å². The van der Waals surface area contributed by atoms with Crippen molar-refractivity contribution in [2.75, 3.05) is 13.1 Å². The van der Waals surface area contributed by atoms with Crippen LogP contribution in [0.15, 0.2) is 11.8 Å². The van der Waals surface area contributed by atoms with Gasteiger partial charge in [0, 0.05) is 18.8 Å². The predicted molar refractivity (Wildman–Crippen MR) is 95.6 cm³/mol. The van der Waals surface area contributed by atoms with E-state index >= 15 is 0 Å². The first-order valence-electron chi connectivity index (χ1n) is 9.82. The fourth-order valence-corrected chi connectivity index (χ4v) is 3.29. The third-order valence-electron chi connectivity index (χ3n) is 4.74. The quantitative estimate of drug-likeness (QED) is 0.362. The Balaban J connectivity index is 2.07. The molecule has 0 aromatic heterocycles. The van der Waals surface area contributed by atoms with Crippen LogP contribution in [0.4, 0.5) is 0 Å². The van der Waals surface area contributed by atoms with Gasteiger partial charge in [0.1, 0.15) is 0 Å². The molecule has 0 amide bonds. The summed E-state index contributed by atoms with van der Waals surface area (Å²) in [4.78, 5) is 2.66. The van der Waals surface area contributed by atoms with Crippen molar-refractivity contribution in [3.05, 3.63) is 11.8 Å². The summed E-state index contributed by atoms with van der Waals surface area (Å²) in [6, 6.07) is 0. The highest BCUT2D eigenvalue weighted by molar-refractivity contribution is 5.03. The zero-order valence-corrected chi connectivity index (χ0v) is 14.8. The van der Waals surface area contributed by atoms with E-state index in [1.54, 1.807) is 5.70 Å². The summed E-state index contributed by atoms with van der Waals surface area (Å²) in [6.07, 6.45) is 22.1. The molecular weight excluding hydrogens is 254 g/mol. The molecule has 0 bridgehead atoms. The second-order valence-electron chi connectivity index (χ2n) is 6.76. The van der Waals surface area contributed by atoms with E-state index in [9.17, 15) is 0 Å². The number of nitrogens with zero attached hydrogens (tertiary/aromatic N) is 1. The van der Waals surface area contributed by atoms with Gasteiger partial charge in [-0.05, 0) is 38.5 Å². The molecule has 0 aliphatic carbocycles. The largest absolute Gasteiger partial charge is 0.375 e. The van der Waals surface area contributed by atoms with E-state index in [4.69, 9.17) is 0 Å². The topological polar surface area (TPSA) is 3.24 Å². The Morgan fingerprint density at radius 2 is 1.48 bits per heavy atom. The zero-order valence-electron chi connectivity index (χ0n) is 14.8. The minimum Gasteiger partial charge on any atom is -0.375 e. The summed E-state index contributed by atoms with van der Waals surface area (Å²) in [5, 5.41) is 0. The molecule has 1 heterocycles. The number of hydrogen-bond acceptors (Lipinski definition) is 1. The van der Waals surface area contributed by atoms with Gasteiger partial charge in [0.15, 0.2) is 0 Å². The number of rotatable bonds is 12. The highest BCUT2D eigenvalue weighted by atomic mass is 15.1. The molecule has 0 atom stereocenters. The van der Waals surface area contributed by atoms with Crippen molar-refractivity contribution < 1.29 is 0 Å². The Morgan fingerprint density at radius 3 is 2.19 bits per heavy atom. The van der Waals surface area contributed by atoms with Gasteiger partial charge in [0.2, 0.25) is 0 Å². The van der Waals surface area contributed by atoms with Crippen LogP contribution in [-0.4, -0.2) is 18.0 Å². The summed E-state index contributed by atoms with van der Waals surface area (Å²) in [5.74, 6) is 0. The van der Waals surface area contributed by atoms with Crippen LogP contribution in [0.1, 0.15) is 104 Å². The van der Waals surface area contributed by atoms with Crippen molar-refractivity contribution >= 4 is 0 Å². The van der Waals surface area contributed by atoms with Gasteiger partial charge in [-0.2, -0.15) is 0 Å². The Morgan fingerprint density at radius 1 is 0.810 bits per heavy atom. The Hall–Kier alpha value is -0.460. The molecule has 0 aromatic rings. The first kappa shape index (κ1) is 18.6. The van der Waals surface area contributed by atoms with Gasteiger partial charge < -0.3 is 4.90 Å². The molecule has 1 aliphatic rings. The normalized spacial score (nSPS) is 17.6. The van der Waals surface area contributed by atoms with Crippen LogP contribution in [0.25, 0.3) is 0 Å². The molecule has 0 N–H and O–H groups in total. The van der Waals surface area contributed by atoms with E-state index in [1.807, 2.05) is 0 Å². The maximum atomic E-state index is 2.66. The third-order valence-corrected chi connectivity index (χ3v) is 4.74. The van der Waals surface area contributed by atoms with Crippen molar-refractivity contribution in [2.45, 2.75) is 104 Å². The molecule has 1 rings (SSSR count). The number of unbranched alkanes of at least 4 members (excludes halogenated alkanes) is 9. The first-order valence-corrected chi connectivity index (χ1v) is 9.82. The lowest BCUT2D eigenvalue weighted by Crippen LogP contribution is -2.28. The molecule has 1 heteroatoms. The lowest BCUT2D eigenvalue weighted by atomic mass is 10.0. The van der Waals surface area contributed by atoms with Crippen LogP contribution >= 0.6 is 0 Å². The average molecular weight is 294 g/mol. The molecule has 0 unspecified atom stereocenters. The zero-order chi connectivity index (χ0) is 15.2. The first-order chi connectivity index (χ1) is 10.4. The summed E-state index contributed by atoms with van der Waals surface area (Å²) in [7, 11) is 0. The van der Waals surface area contributed by atoms with Gasteiger partial charge in [-0.15, -0.1) is 0 Å². The van der Waals surface area contributed by atoms with E-state index in [0.717, 1.165) is 0 Å². The highest BCUT2D eigenvalue weighted by Gasteiger charge is 2.13. The van der Waals surface area contributed by atoms with Crippen LogP contribution in [0.3, 0.4) is 0 Å². The van der Waals surface area contributed by atoms with Crippen LogP contribution < -0.4 is 0 Å². The van der Waals surface area contributed by atoms with E-state index in [1.165, 1.54) is 103 Å². The second kappa shape index (κ2) is 13.2. The molecule has 1 fully saturated rings. The van der Waals surface area contributed by atoms with Crippen LogP contribution in [0, 0.1) is 0 Å². The summed E-state index contributed by atoms with van der Waals surface area (Å²) in [5.41, 5.74) is 1.66. The van der Waals surface area contributed by atoms with E-state index in [0.29, 0.717) is 0 Å². The third kappa shape index (κ3) is 9.22. The van der Waals surface area contributed by atoms with Gasteiger partial charge in [-0.3, -0.25) is 0 Å². The smallest absolute Gasteiger partial charge is 0.0175 e. The molecule has 21 heavy (non-hydrogen) atoms. The standard InChI is InChI=1S/C20H39N/c1-3-5-7-8-9-10-11-12-13-16-20-17-14-15-19-21(20)18-6-4-2/h16H,3-15,17-19H2,1-2H3. The monoisotopic (exact) mass is 293 g/mol. The maximum absolute atomic E-state index is 2.66. The molecule has 0 spiro atoms. The molecule has 0 aromatic carbocycles. The van der Waals surface area contributed by atoms with Gasteiger partial charge >= 0.3 is 0 Å². The van der Waals surface area contributed by atoms with Crippen molar-refractivity contribution in [3.63, 3.8) is 0 Å². The van der Waals surface area contributed by atoms with E-state index in [2.05, 4.69) is 24.8 Å². The van der Waals surface area contributed by atoms with Crippen LogP contribution in [-0.2, 0) is 0 Å². The fourth-order valence-electron chi connectivity index (χ4n) is 3.29. The Bertz CT molecular complexity index is 257. The SMILES string of the molecule is CCCCCCCCCCC=C1CCCCN1CCCC. The minimum atomic E-state index is 1.29. The lowest BCUT2D eigenvalue weighted by molar-refractivity contribution is 0.284. The molecule has 0 saturated carbocycles. The van der Waals surface area contributed by atoms with Crippen LogP contribution in [0.2, 0.25) is 0 Å². The number of allylic oxidation sites excluding steroid dienone is 2. The van der Waals surface area contributed by atoms with Crippen molar-refractivity contribution in [1.82, 2.24) is 4.90 Å². The Kier molecular flexibility index (Phi) is 11.7. The molecule has 124 valence electrons. The van der Waals surface area contributed by atoms with Crippen molar-refractivity contribution in [3.8, 4) is 0 Å². The van der Waals surface area contributed by atoms with E-state index < -0.39 is 0 Å². The van der Waals surface area contributed by atoms with Gasteiger partial charge in [-0.25, -0.2) is 0 Å². The lowest BCUT2D eigenvalue weighted by Gasteiger charge is -2.32. The molecule has 1 nitrogen and oxygen atoms in total.